The van der Waals surface area contributed by atoms with E-state index >= 15 is 0 Å². The molecule has 1 aromatic heterocycles. The molecule has 7 nitrogen and oxygen atoms in total. The van der Waals surface area contributed by atoms with Crippen molar-refractivity contribution in [3.8, 4) is 11.1 Å². The molecule has 142 valence electrons. The van der Waals surface area contributed by atoms with E-state index in [0.29, 0.717) is 26.3 Å². The van der Waals surface area contributed by atoms with Crippen LogP contribution in [-0.4, -0.2) is 59.7 Å². The molecular formula is C20H23N3O4. The Kier molecular flexibility index (Phi) is 6.16. The van der Waals surface area contributed by atoms with Gasteiger partial charge in [0.05, 0.1) is 25.4 Å². The number of carboxylic acids is 1. The van der Waals surface area contributed by atoms with Gasteiger partial charge in [0, 0.05) is 24.8 Å². The monoisotopic (exact) mass is 369 g/mol. The minimum atomic E-state index is -1.18. The summed E-state index contributed by atoms with van der Waals surface area (Å²) in [4.78, 5) is 29.9. The number of hydrogen-bond donors (Lipinski definition) is 2. The topological polar surface area (TPSA) is 91.8 Å². The summed E-state index contributed by atoms with van der Waals surface area (Å²) in [5.74, 6) is -1.44. The summed E-state index contributed by atoms with van der Waals surface area (Å²) < 4.78 is 5.27. The van der Waals surface area contributed by atoms with Gasteiger partial charge in [0.15, 0.2) is 5.69 Å². The van der Waals surface area contributed by atoms with Crippen molar-refractivity contribution in [3.63, 3.8) is 0 Å². The Morgan fingerprint density at radius 2 is 2.00 bits per heavy atom. The largest absolute Gasteiger partial charge is 0.476 e. The molecule has 0 aliphatic carbocycles. The average Bonchev–Trinajstić information content (AvgIpc) is 2.68. The van der Waals surface area contributed by atoms with Gasteiger partial charge >= 0.3 is 5.97 Å². The zero-order valence-electron chi connectivity index (χ0n) is 15.3. The second-order valence-electron chi connectivity index (χ2n) is 6.42. The molecule has 2 heterocycles. The summed E-state index contributed by atoms with van der Waals surface area (Å²) in [7, 11) is 0. The summed E-state index contributed by atoms with van der Waals surface area (Å²) in [6.45, 7) is 4.82. The van der Waals surface area contributed by atoms with Gasteiger partial charge in [-0.2, -0.15) is 0 Å². The summed E-state index contributed by atoms with van der Waals surface area (Å²) in [6.07, 6.45) is 2.42. The molecule has 1 saturated heterocycles. The number of amides is 1. The number of nitrogens with zero attached hydrogens (tertiary/aromatic N) is 2. The van der Waals surface area contributed by atoms with Crippen LogP contribution >= 0.6 is 0 Å². The summed E-state index contributed by atoms with van der Waals surface area (Å²) >= 11 is 0. The van der Waals surface area contributed by atoms with Gasteiger partial charge in [0.25, 0.3) is 0 Å². The Bertz CT molecular complexity index is 832. The highest BCUT2D eigenvalue weighted by molar-refractivity contribution is 6.00. The van der Waals surface area contributed by atoms with E-state index in [-0.39, 0.29) is 23.8 Å². The van der Waals surface area contributed by atoms with Crippen LogP contribution in [0.2, 0.25) is 0 Å². The van der Waals surface area contributed by atoms with Crippen molar-refractivity contribution in [2.24, 2.45) is 0 Å². The summed E-state index contributed by atoms with van der Waals surface area (Å²) in [5, 5.41) is 12.1. The van der Waals surface area contributed by atoms with Crippen LogP contribution in [0.1, 0.15) is 23.0 Å². The molecule has 1 aromatic carbocycles. The Balaban J connectivity index is 1.83. The van der Waals surface area contributed by atoms with Gasteiger partial charge < -0.3 is 15.2 Å². The van der Waals surface area contributed by atoms with Crippen LogP contribution in [0.3, 0.4) is 0 Å². The van der Waals surface area contributed by atoms with Crippen molar-refractivity contribution in [3.05, 3.63) is 47.8 Å². The second-order valence-corrected chi connectivity index (χ2v) is 6.42. The van der Waals surface area contributed by atoms with Crippen molar-refractivity contribution in [2.45, 2.75) is 13.3 Å². The molecule has 0 saturated carbocycles. The van der Waals surface area contributed by atoms with Gasteiger partial charge in [0.1, 0.15) is 0 Å². The molecule has 0 bridgehead atoms. The fraction of sp³-hybridized carbons (Fsp3) is 0.350. The van der Waals surface area contributed by atoms with Crippen LogP contribution in [0.4, 0.5) is 5.69 Å². The zero-order valence-corrected chi connectivity index (χ0v) is 15.3. The molecule has 27 heavy (non-hydrogen) atoms. The van der Waals surface area contributed by atoms with E-state index < -0.39 is 5.97 Å². The van der Waals surface area contributed by atoms with E-state index in [1.54, 1.807) is 6.07 Å². The average molecular weight is 369 g/mol. The number of rotatable bonds is 6. The van der Waals surface area contributed by atoms with Crippen molar-refractivity contribution in [1.82, 2.24) is 9.88 Å². The molecule has 2 N–H and O–H groups in total. The third-order valence-corrected chi connectivity index (χ3v) is 4.50. The normalized spacial score (nSPS) is 14.7. The molecular weight excluding hydrogens is 346 g/mol. The number of ether oxygens (including phenoxy) is 1. The van der Waals surface area contributed by atoms with E-state index in [2.05, 4.69) is 17.2 Å². The smallest absolute Gasteiger partial charge is 0.356 e. The third-order valence-electron chi connectivity index (χ3n) is 4.50. The van der Waals surface area contributed by atoms with Crippen LogP contribution < -0.4 is 5.32 Å². The molecule has 3 rings (SSSR count). The number of benzene rings is 1. The number of nitrogens with one attached hydrogen (secondary N) is 1. The zero-order chi connectivity index (χ0) is 19.2. The quantitative estimate of drug-likeness (QED) is 0.812. The fourth-order valence-corrected chi connectivity index (χ4v) is 3.01. The number of carbonyl (C=O) groups excluding carboxylic acids is 1. The van der Waals surface area contributed by atoms with E-state index in [1.165, 1.54) is 11.8 Å². The van der Waals surface area contributed by atoms with E-state index in [9.17, 15) is 14.7 Å². The SMILES string of the molecule is CCc1cccc(-c2cnc(C(=O)O)c(NC(=O)CN3CCOCC3)c2)c1. The molecule has 0 unspecified atom stereocenters. The van der Waals surface area contributed by atoms with Gasteiger partial charge in [-0.3, -0.25) is 9.69 Å². The van der Waals surface area contributed by atoms with Crippen molar-refractivity contribution in [2.75, 3.05) is 38.2 Å². The molecule has 7 heteroatoms. The lowest BCUT2D eigenvalue weighted by Crippen LogP contribution is -2.41. The van der Waals surface area contributed by atoms with Crippen molar-refractivity contribution < 1.29 is 19.4 Å². The van der Waals surface area contributed by atoms with Crippen LogP contribution in [0.25, 0.3) is 11.1 Å². The first-order valence-corrected chi connectivity index (χ1v) is 8.99. The fourth-order valence-electron chi connectivity index (χ4n) is 3.01. The molecule has 0 radical (unpaired) electrons. The lowest BCUT2D eigenvalue weighted by atomic mass is 10.0. The highest BCUT2D eigenvalue weighted by Crippen LogP contribution is 2.25. The molecule has 2 aromatic rings. The van der Waals surface area contributed by atoms with Crippen molar-refractivity contribution >= 4 is 17.6 Å². The minimum Gasteiger partial charge on any atom is -0.476 e. The predicted octanol–water partition coefficient (Wildman–Crippen LogP) is 2.28. The van der Waals surface area contributed by atoms with Crippen molar-refractivity contribution in [1.29, 1.82) is 0 Å². The number of aryl methyl sites for hydroxylation is 1. The maximum absolute atomic E-state index is 12.4. The van der Waals surface area contributed by atoms with E-state index in [0.717, 1.165) is 17.5 Å². The number of morpholine rings is 1. The Labute approximate surface area is 158 Å². The minimum absolute atomic E-state index is 0.166. The van der Waals surface area contributed by atoms with Crippen LogP contribution in [0.15, 0.2) is 36.5 Å². The van der Waals surface area contributed by atoms with Gasteiger partial charge in [0.2, 0.25) is 5.91 Å². The lowest BCUT2D eigenvalue weighted by molar-refractivity contribution is -0.118. The molecule has 1 fully saturated rings. The number of aromatic nitrogens is 1. The van der Waals surface area contributed by atoms with Gasteiger partial charge in [-0.15, -0.1) is 0 Å². The van der Waals surface area contributed by atoms with E-state index in [4.69, 9.17) is 4.74 Å². The van der Waals surface area contributed by atoms with Crippen LogP contribution in [-0.2, 0) is 16.0 Å². The number of carboxylic acid groups (broad SMARTS) is 1. The first-order valence-electron chi connectivity index (χ1n) is 8.99. The second kappa shape index (κ2) is 8.75. The Morgan fingerprint density at radius 1 is 1.22 bits per heavy atom. The lowest BCUT2D eigenvalue weighted by Gasteiger charge is -2.25. The molecule has 0 spiro atoms. The molecule has 1 amide bonds. The summed E-state index contributed by atoms with van der Waals surface area (Å²) in [6, 6.07) is 9.64. The Hall–Kier alpha value is -2.77. The standard InChI is InChI=1S/C20H23N3O4/c1-2-14-4-3-5-15(10-14)16-11-17(19(20(25)26)21-12-16)22-18(24)13-23-6-8-27-9-7-23/h3-5,10-12H,2,6-9,13H2,1H3,(H,22,24)(H,25,26). The first kappa shape index (κ1) is 19.0. The first-order chi connectivity index (χ1) is 13.1. The third kappa shape index (κ3) is 4.90. The number of hydrogen-bond acceptors (Lipinski definition) is 5. The molecule has 1 aliphatic heterocycles. The number of aromatic carboxylic acids is 1. The van der Waals surface area contributed by atoms with E-state index in [1.807, 2.05) is 29.2 Å². The molecule has 0 atom stereocenters. The number of anilines is 1. The molecule has 1 aliphatic rings. The highest BCUT2D eigenvalue weighted by Gasteiger charge is 2.18. The predicted molar refractivity (Wildman–Crippen MR) is 102 cm³/mol. The maximum atomic E-state index is 12.4. The van der Waals surface area contributed by atoms with Gasteiger partial charge in [-0.1, -0.05) is 31.2 Å². The highest BCUT2D eigenvalue weighted by atomic mass is 16.5. The Morgan fingerprint density at radius 3 is 2.70 bits per heavy atom. The number of carbonyl (C=O) groups is 2. The van der Waals surface area contributed by atoms with Crippen LogP contribution in [0, 0.1) is 0 Å². The maximum Gasteiger partial charge on any atom is 0.356 e. The van der Waals surface area contributed by atoms with Gasteiger partial charge in [-0.25, -0.2) is 9.78 Å². The summed E-state index contributed by atoms with van der Waals surface area (Å²) in [5.41, 5.74) is 2.91. The van der Waals surface area contributed by atoms with Crippen LogP contribution in [0.5, 0.6) is 0 Å². The van der Waals surface area contributed by atoms with Gasteiger partial charge in [-0.05, 0) is 23.6 Å². The number of pyridine rings is 1.